The van der Waals surface area contributed by atoms with Crippen molar-refractivity contribution in [3.05, 3.63) is 89.4 Å². The zero-order chi connectivity index (χ0) is 21.6. The van der Waals surface area contributed by atoms with Crippen molar-refractivity contribution in [1.82, 2.24) is 19.9 Å². The van der Waals surface area contributed by atoms with E-state index >= 15 is 0 Å². The first-order valence-corrected chi connectivity index (χ1v) is 10.5. The molecule has 0 spiro atoms. The van der Waals surface area contributed by atoms with Gasteiger partial charge in [0.25, 0.3) is 0 Å². The Balaban J connectivity index is 1.45. The van der Waals surface area contributed by atoms with Gasteiger partial charge in [-0.25, -0.2) is 9.97 Å². The Kier molecular flexibility index (Phi) is 6.60. The molecule has 160 valence electrons. The van der Waals surface area contributed by atoms with E-state index in [9.17, 15) is 5.11 Å². The molecule has 1 unspecified atom stereocenters. The summed E-state index contributed by atoms with van der Waals surface area (Å²) in [7, 11) is 1.67. The predicted molar refractivity (Wildman–Crippen MR) is 122 cm³/mol. The third-order valence-corrected chi connectivity index (χ3v) is 5.39. The average molecular weight is 417 g/mol. The molecule has 0 amide bonds. The summed E-state index contributed by atoms with van der Waals surface area (Å²) in [5, 5.41) is 13.7. The van der Waals surface area contributed by atoms with Crippen molar-refractivity contribution >= 4 is 11.2 Å². The van der Waals surface area contributed by atoms with Gasteiger partial charge in [0.15, 0.2) is 5.65 Å². The summed E-state index contributed by atoms with van der Waals surface area (Å²) in [4.78, 5) is 9.32. The van der Waals surface area contributed by atoms with E-state index in [-0.39, 0.29) is 0 Å². The number of aliphatic hydroxyl groups is 1. The number of nitrogens with one attached hydrogen (secondary N) is 1. The highest BCUT2D eigenvalue weighted by Crippen LogP contribution is 2.19. The summed E-state index contributed by atoms with van der Waals surface area (Å²) >= 11 is 0. The number of benzene rings is 2. The fourth-order valence-corrected chi connectivity index (χ4v) is 3.59. The van der Waals surface area contributed by atoms with Crippen LogP contribution in [0.1, 0.15) is 28.9 Å². The normalized spacial score (nSPS) is 12.2. The number of imidazole rings is 1. The molecule has 31 heavy (non-hydrogen) atoms. The molecule has 0 saturated carbocycles. The Morgan fingerprint density at radius 2 is 1.77 bits per heavy atom. The van der Waals surface area contributed by atoms with Gasteiger partial charge in [-0.15, -0.1) is 0 Å². The van der Waals surface area contributed by atoms with Crippen LogP contribution in [-0.2, 0) is 19.5 Å². The molecule has 0 saturated heterocycles. The van der Waals surface area contributed by atoms with Crippen LogP contribution >= 0.6 is 0 Å². The second-order valence-corrected chi connectivity index (χ2v) is 7.73. The number of hydrogen-bond acceptors (Lipinski definition) is 5. The Morgan fingerprint density at radius 1 is 1.03 bits per heavy atom. The third kappa shape index (κ3) is 5.29. The Morgan fingerprint density at radius 3 is 2.52 bits per heavy atom. The molecule has 1 atom stereocenters. The number of fused-ring (bicyclic) bond motifs is 1. The minimum Gasteiger partial charge on any atom is -0.497 e. The molecule has 0 radical (unpaired) electrons. The van der Waals surface area contributed by atoms with Crippen LogP contribution in [0.3, 0.4) is 0 Å². The monoisotopic (exact) mass is 416 g/mol. The van der Waals surface area contributed by atoms with Crippen LogP contribution in [0.2, 0.25) is 0 Å². The van der Waals surface area contributed by atoms with Gasteiger partial charge in [0.2, 0.25) is 0 Å². The van der Waals surface area contributed by atoms with E-state index in [0.717, 1.165) is 33.9 Å². The van der Waals surface area contributed by atoms with Crippen LogP contribution in [0.25, 0.3) is 11.2 Å². The van der Waals surface area contributed by atoms with E-state index in [1.807, 2.05) is 24.3 Å². The molecule has 4 aromatic rings. The van der Waals surface area contributed by atoms with Crippen molar-refractivity contribution in [1.29, 1.82) is 0 Å². The van der Waals surface area contributed by atoms with Gasteiger partial charge in [-0.2, -0.15) is 0 Å². The summed E-state index contributed by atoms with van der Waals surface area (Å²) in [6.45, 7) is 3.37. The van der Waals surface area contributed by atoms with Crippen LogP contribution in [0, 0.1) is 6.92 Å². The number of aliphatic hydroxyl groups excluding tert-OH is 1. The quantitative estimate of drug-likeness (QED) is 0.406. The fraction of sp³-hybridized carbons (Fsp3) is 0.280. The number of rotatable bonds is 9. The predicted octanol–water partition coefficient (Wildman–Crippen LogP) is 3.84. The highest BCUT2D eigenvalue weighted by atomic mass is 16.5. The molecular weight excluding hydrogens is 388 g/mol. The van der Waals surface area contributed by atoms with Gasteiger partial charge in [0.05, 0.1) is 13.7 Å². The SMILES string of the molecule is COc1ccc(Cn2c(CCC(O)NCc3ccc(C)cc3)nc3cccnc32)cc1. The summed E-state index contributed by atoms with van der Waals surface area (Å²) in [6, 6.07) is 20.2. The van der Waals surface area contributed by atoms with E-state index < -0.39 is 6.23 Å². The first-order chi connectivity index (χ1) is 15.1. The maximum absolute atomic E-state index is 10.5. The largest absolute Gasteiger partial charge is 0.497 e. The minimum absolute atomic E-state index is 0.567. The Bertz CT molecular complexity index is 1120. The second kappa shape index (κ2) is 9.73. The Hall–Kier alpha value is -3.22. The van der Waals surface area contributed by atoms with Crippen LogP contribution in [0.15, 0.2) is 66.9 Å². The number of aryl methyl sites for hydroxylation is 2. The van der Waals surface area contributed by atoms with E-state index in [4.69, 9.17) is 9.72 Å². The van der Waals surface area contributed by atoms with Gasteiger partial charge in [-0.1, -0.05) is 42.0 Å². The van der Waals surface area contributed by atoms with Gasteiger partial charge in [-0.05, 0) is 48.7 Å². The average Bonchev–Trinajstić information content (AvgIpc) is 3.15. The molecule has 2 heterocycles. The lowest BCUT2D eigenvalue weighted by molar-refractivity contribution is 0.125. The fourth-order valence-electron chi connectivity index (χ4n) is 3.59. The van der Waals surface area contributed by atoms with E-state index in [2.05, 4.69) is 58.2 Å². The van der Waals surface area contributed by atoms with Gasteiger partial charge in [-0.3, -0.25) is 5.32 Å². The lowest BCUT2D eigenvalue weighted by Gasteiger charge is -2.14. The number of hydrogen-bond donors (Lipinski definition) is 2. The molecule has 4 rings (SSSR count). The molecule has 0 bridgehead atoms. The van der Waals surface area contributed by atoms with Gasteiger partial charge in [0.1, 0.15) is 23.3 Å². The lowest BCUT2D eigenvalue weighted by Crippen LogP contribution is -2.29. The lowest BCUT2D eigenvalue weighted by atomic mass is 10.1. The smallest absolute Gasteiger partial charge is 0.160 e. The summed E-state index contributed by atoms with van der Waals surface area (Å²) in [5.41, 5.74) is 5.25. The van der Waals surface area contributed by atoms with Crippen molar-refractivity contribution in [2.24, 2.45) is 0 Å². The molecule has 2 aromatic carbocycles. The first kappa shape index (κ1) is 21.0. The van der Waals surface area contributed by atoms with Crippen molar-refractivity contribution in [3.63, 3.8) is 0 Å². The van der Waals surface area contributed by atoms with Crippen molar-refractivity contribution in [3.8, 4) is 5.75 Å². The van der Waals surface area contributed by atoms with E-state index in [1.54, 1.807) is 13.3 Å². The highest BCUT2D eigenvalue weighted by Gasteiger charge is 2.14. The zero-order valence-electron chi connectivity index (χ0n) is 18.0. The highest BCUT2D eigenvalue weighted by molar-refractivity contribution is 5.71. The van der Waals surface area contributed by atoms with Crippen LogP contribution in [0.4, 0.5) is 0 Å². The standard InChI is InChI=1S/C25H28N4O2/c1-18-5-7-19(8-6-18)16-27-24(30)14-13-23-28-22-4-3-15-26-25(22)29(23)17-20-9-11-21(31-2)12-10-20/h3-12,15,24,27,30H,13-14,16-17H2,1-2H3. The molecule has 0 aliphatic carbocycles. The third-order valence-electron chi connectivity index (χ3n) is 5.39. The van der Waals surface area contributed by atoms with Gasteiger partial charge >= 0.3 is 0 Å². The molecule has 0 aliphatic heterocycles. The number of ether oxygens (including phenoxy) is 1. The van der Waals surface area contributed by atoms with Crippen LogP contribution in [-0.4, -0.2) is 33.0 Å². The maximum atomic E-state index is 10.5. The van der Waals surface area contributed by atoms with Crippen LogP contribution < -0.4 is 10.1 Å². The molecule has 0 aliphatic rings. The minimum atomic E-state index is -0.608. The van der Waals surface area contributed by atoms with Crippen molar-refractivity contribution < 1.29 is 9.84 Å². The first-order valence-electron chi connectivity index (χ1n) is 10.5. The molecule has 2 aromatic heterocycles. The number of methoxy groups -OCH3 is 1. The molecule has 6 heteroatoms. The molecular formula is C25H28N4O2. The second-order valence-electron chi connectivity index (χ2n) is 7.73. The molecule has 0 fully saturated rings. The summed E-state index contributed by atoms with van der Waals surface area (Å²) in [6.07, 6.45) is 2.39. The van der Waals surface area contributed by atoms with Crippen molar-refractivity contribution in [2.75, 3.05) is 7.11 Å². The number of nitrogens with zero attached hydrogens (tertiary/aromatic N) is 3. The molecule has 6 nitrogen and oxygen atoms in total. The van der Waals surface area contributed by atoms with Gasteiger partial charge < -0.3 is 14.4 Å². The summed E-state index contributed by atoms with van der Waals surface area (Å²) < 4.78 is 7.39. The van der Waals surface area contributed by atoms with Gasteiger partial charge in [0, 0.05) is 19.2 Å². The number of pyridine rings is 1. The van der Waals surface area contributed by atoms with Crippen molar-refractivity contribution in [2.45, 2.75) is 39.1 Å². The van der Waals surface area contributed by atoms with E-state index in [1.165, 1.54) is 5.56 Å². The summed E-state index contributed by atoms with van der Waals surface area (Å²) in [5.74, 6) is 1.75. The topological polar surface area (TPSA) is 72.2 Å². The number of aromatic nitrogens is 3. The Labute approximate surface area is 182 Å². The van der Waals surface area contributed by atoms with Crippen LogP contribution in [0.5, 0.6) is 5.75 Å². The molecule has 2 N–H and O–H groups in total. The zero-order valence-corrected chi connectivity index (χ0v) is 18.0. The van der Waals surface area contributed by atoms with E-state index in [0.29, 0.717) is 25.9 Å². The maximum Gasteiger partial charge on any atom is 0.160 e.